The van der Waals surface area contributed by atoms with Crippen molar-refractivity contribution in [2.24, 2.45) is 0 Å². The summed E-state index contributed by atoms with van der Waals surface area (Å²) < 4.78 is 9.64. The van der Waals surface area contributed by atoms with E-state index in [1.165, 1.54) is 69.2 Å². The molecule has 0 aliphatic carbocycles. The Balaban J connectivity index is 1.20. The van der Waals surface area contributed by atoms with Crippen molar-refractivity contribution in [3.05, 3.63) is 170 Å². The summed E-state index contributed by atoms with van der Waals surface area (Å²) in [4.78, 5) is 5.50. The predicted octanol–water partition coefficient (Wildman–Crippen LogP) is 12.7. The topological polar surface area (TPSA) is 27.7 Å². The third-order valence-electron chi connectivity index (χ3n) is 10.8. The van der Waals surface area contributed by atoms with Crippen LogP contribution < -0.4 is 0 Å². The third-order valence-corrected chi connectivity index (χ3v) is 12.0. The van der Waals surface area contributed by atoms with Gasteiger partial charge < -0.3 is 9.13 Å². The van der Waals surface area contributed by atoms with Crippen LogP contribution in [0, 0.1) is 0 Å². The van der Waals surface area contributed by atoms with Crippen molar-refractivity contribution in [3.63, 3.8) is 0 Å². The first-order valence-corrected chi connectivity index (χ1v) is 18.5. The number of rotatable bonds is 3. The fraction of sp³-hybridized carbons (Fsp3) is 0. The monoisotopic (exact) mass is 680 g/mol. The standard InChI is InChI=1S/C47H28N4S/c1-7-19-37-30(13-1)31-14-2-8-20-38(31)49(37)29-25-26-42-36(27-29)34-17-5-9-21-39(34)50(42)43-28-45(48-46-35-18-6-12-24-44(35)52-47(43)46)51-40-22-10-3-15-32(40)33-16-4-11-23-41(33)51/h1-28H. The number of pyridine rings is 1. The van der Waals surface area contributed by atoms with E-state index in [-0.39, 0.29) is 0 Å². The van der Waals surface area contributed by atoms with E-state index in [0.29, 0.717) is 0 Å². The van der Waals surface area contributed by atoms with E-state index in [2.05, 4.69) is 184 Å². The van der Waals surface area contributed by atoms with Gasteiger partial charge in [0.15, 0.2) is 0 Å². The number of aromatic nitrogens is 4. The lowest BCUT2D eigenvalue weighted by atomic mass is 10.1. The fourth-order valence-electron chi connectivity index (χ4n) is 8.66. The van der Waals surface area contributed by atoms with Crippen LogP contribution in [0.4, 0.5) is 0 Å². The Morgan fingerprint density at radius 3 is 1.38 bits per heavy atom. The van der Waals surface area contributed by atoms with Gasteiger partial charge in [0.25, 0.3) is 0 Å². The first-order valence-electron chi connectivity index (χ1n) is 17.6. The van der Waals surface area contributed by atoms with Gasteiger partial charge in [0.05, 0.1) is 49.0 Å². The van der Waals surface area contributed by atoms with Crippen LogP contribution in [0.3, 0.4) is 0 Å². The Morgan fingerprint density at radius 2 is 0.808 bits per heavy atom. The Labute approximate surface area is 301 Å². The second-order valence-corrected chi connectivity index (χ2v) is 14.6. The van der Waals surface area contributed by atoms with Crippen molar-refractivity contribution in [1.82, 2.24) is 18.7 Å². The average Bonchev–Trinajstić information content (AvgIpc) is 3.94. The Morgan fingerprint density at radius 1 is 0.365 bits per heavy atom. The molecule has 0 aliphatic rings. The zero-order chi connectivity index (χ0) is 33.9. The van der Waals surface area contributed by atoms with Gasteiger partial charge in [0, 0.05) is 54.2 Å². The molecule has 4 nitrogen and oxygen atoms in total. The summed E-state index contributed by atoms with van der Waals surface area (Å²) >= 11 is 1.82. The van der Waals surface area contributed by atoms with Crippen LogP contribution in [0.15, 0.2) is 170 Å². The molecule has 12 aromatic rings. The molecule has 0 N–H and O–H groups in total. The van der Waals surface area contributed by atoms with Crippen molar-refractivity contribution in [1.29, 1.82) is 0 Å². The van der Waals surface area contributed by atoms with Crippen LogP contribution in [-0.2, 0) is 0 Å². The van der Waals surface area contributed by atoms with Crippen LogP contribution in [0.2, 0.25) is 0 Å². The molecule has 0 bridgehead atoms. The van der Waals surface area contributed by atoms with Gasteiger partial charge in [-0.3, -0.25) is 4.57 Å². The lowest BCUT2D eigenvalue weighted by Gasteiger charge is -2.14. The van der Waals surface area contributed by atoms with Gasteiger partial charge in [-0.1, -0.05) is 109 Å². The van der Waals surface area contributed by atoms with Crippen LogP contribution in [-0.4, -0.2) is 18.7 Å². The highest BCUT2D eigenvalue weighted by Gasteiger charge is 2.22. The van der Waals surface area contributed by atoms with Crippen LogP contribution in [0.1, 0.15) is 0 Å². The summed E-state index contributed by atoms with van der Waals surface area (Å²) in [5.74, 6) is 0.913. The molecule has 0 fully saturated rings. The smallest absolute Gasteiger partial charge is 0.140 e. The zero-order valence-electron chi connectivity index (χ0n) is 27.9. The molecule has 52 heavy (non-hydrogen) atoms. The molecule has 12 rings (SSSR count). The van der Waals surface area contributed by atoms with Gasteiger partial charge >= 0.3 is 0 Å². The Kier molecular flexibility index (Phi) is 5.62. The van der Waals surface area contributed by atoms with Gasteiger partial charge in [-0.05, 0) is 54.6 Å². The highest BCUT2D eigenvalue weighted by Crippen LogP contribution is 2.43. The van der Waals surface area contributed by atoms with E-state index in [9.17, 15) is 0 Å². The summed E-state index contributed by atoms with van der Waals surface area (Å²) in [7, 11) is 0. The molecule has 242 valence electrons. The number of benzene rings is 7. The maximum Gasteiger partial charge on any atom is 0.140 e. The zero-order valence-corrected chi connectivity index (χ0v) is 28.7. The summed E-state index contributed by atoms with van der Waals surface area (Å²) in [5.41, 5.74) is 10.4. The Bertz CT molecular complexity index is 3320. The number of nitrogens with zero attached hydrogens (tertiary/aromatic N) is 4. The number of fused-ring (bicyclic) bond motifs is 12. The lowest BCUT2D eigenvalue weighted by molar-refractivity contribution is 1.09. The second kappa shape index (κ2) is 10.4. The third kappa shape index (κ3) is 3.72. The van der Waals surface area contributed by atoms with E-state index in [1.54, 1.807) is 0 Å². The Hall–Kier alpha value is -6.69. The summed E-state index contributed by atoms with van der Waals surface area (Å²) in [6.45, 7) is 0. The minimum Gasteiger partial charge on any atom is -0.309 e. The number of para-hydroxylation sites is 5. The van der Waals surface area contributed by atoms with Crippen molar-refractivity contribution < 1.29 is 0 Å². The average molecular weight is 681 g/mol. The quantitative estimate of drug-likeness (QED) is 0.182. The summed E-state index contributed by atoms with van der Waals surface area (Å²) in [6.07, 6.45) is 0. The van der Waals surface area contributed by atoms with Crippen molar-refractivity contribution in [2.45, 2.75) is 0 Å². The number of thiophene rings is 1. The van der Waals surface area contributed by atoms with E-state index >= 15 is 0 Å². The highest BCUT2D eigenvalue weighted by atomic mass is 32.1. The molecule has 5 heterocycles. The molecule has 0 aliphatic heterocycles. The maximum absolute atomic E-state index is 5.50. The molecular weight excluding hydrogens is 653 g/mol. The van der Waals surface area contributed by atoms with E-state index in [1.807, 2.05) is 11.3 Å². The van der Waals surface area contributed by atoms with Crippen molar-refractivity contribution in [3.8, 4) is 17.2 Å². The molecule has 5 aromatic heterocycles. The number of hydrogen-bond donors (Lipinski definition) is 0. The predicted molar refractivity (Wildman–Crippen MR) is 220 cm³/mol. The van der Waals surface area contributed by atoms with Crippen LogP contribution in [0.25, 0.3) is 103 Å². The van der Waals surface area contributed by atoms with Crippen LogP contribution >= 0.6 is 11.3 Å². The van der Waals surface area contributed by atoms with Gasteiger partial charge in [0.2, 0.25) is 0 Å². The SMILES string of the molecule is c1ccc2c(c1)sc1c(-n3c4ccccc4c4cc(-n5c6ccccc6c6ccccc65)ccc43)cc(-n3c4ccccc4c4ccccc43)nc12. The minimum absolute atomic E-state index is 0.913. The first-order chi connectivity index (χ1) is 25.8. The molecule has 0 amide bonds. The first kappa shape index (κ1) is 28.1. The molecular formula is C47H28N4S. The van der Waals surface area contributed by atoms with E-state index < -0.39 is 0 Å². The van der Waals surface area contributed by atoms with Crippen molar-refractivity contribution >= 4 is 97.1 Å². The molecule has 0 unspecified atom stereocenters. The lowest BCUT2D eigenvalue weighted by Crippen LogP contribution is -2.02. The molecule has 0 spiro atoms. The molecule has 0 radical (unpaired) electrons. The normalized spacial score (nSPS) is 12.2. The van der Waals surface area contributed by atoms with Gasteiger partial charge in [-0.25, -0.2) is 4.98 Å². The van der Waals surface area contributed by atoms with E-state index in [0.717, 1.165) is 33.7 Å². The molecule has 5 heteroatoms. The largest absolute Gasteiger partial charge is 0.309 e. The molecule has 0 saturated carbocycles. The van der Waals surface area contributed by atoms with Crippen LogP contribution in [0.5, 0.6) is 0 Å². The van der Waals surface area contributed by atoms with E-state index in [4.69, 9.17) is 4.98 Å². The van der Waals surface area contributed by atoms with Gasteiger partial charge in [-0.2, -0.15) is 0 Å². The molecule has 0 atom stereocenters. The summed E-state index contributed by atoms with van der Waals surface area (Å²) in [5, 5.41) is 8.62. The minimum atomic E-state index is 0.913. The maximum atomic E-state index is 5.50. The second-order valence-electron chi connectivity index (χ2n) is 13.6. The highest BCUT2D eigenvalue weighted by molar-refractivity contribution is 7.26. The fourth-order valence-corrected chi connectivity index (χ4v) is 9.81. The van der Waals surface area contributed by atoms with Crippen molar-refractivity contribution in [2.75, 3.05) is 0 Å². The molecule has 0 saturated heterocycles. The summed E-state index contributed by atoms with van der Waals surface area (Å²) in [6, 6.07) is 61.6. The van der Waals surface area contributed by atoms with Gasteiger partial charge in [-0.15, -0.1) is 11.3 Å². The number of hydrogen-bond acceptors (Lipinski definition) is 2. The van der Waals surface area contributed by atoms with Gasteiger partial charge in [0.1, 0.15) is 5.82 Å². The molecule has 7 aromatic carbocycles.